The molecule has 3 rings (SSSR count). The summed E-state index contributed by atoms with van der Waals surface area (Å²) in [6.07, 6.45) is 1.03. The van der Waals surface area contributed by atoms with Crippen LogP contribution in [0.5, 0.6) is 23.0 Å². The quantitative estimate of drug-likeness (QED) is 0.295. The summed E-state index contributed by atoms with van der Waals surface area (Å²) in [7, 11) is 6.32. The lowest BCUT2D eigenvalue weighted by Crippen LogP contribution is -2.26. The fraction of sp³-hybridized carbons (Fsp3) is 0.296. The molecule has 0 spiro atoms. The van der Waals surface area contributed by atoms with Crippen LogP contribution in [0.4, 0.5) is 0 Å². The second-order valence-electron chi connectivity index (χ2n) is 8.10. The molecule has 0 aliphatic carbocycles. The molecule has 0 aromatic heterocycles. The zero-order valence-electron chi connectivity index (χ0n) is 19.9. The van der Waals surface area contributed by atoms with Gasteiger partial charge >= 0.3 is 5.97 Å². The molecule has 6 heteroatoms. The van der Waals surface area contributed by atoms with E-state index in [1.807, 2.05) is 32.0 Å². The molecule has 0 saturated carbocycles. The van der Waals surface area contributed by atoms with Crippen molar-refractivity contribution >= 4 is 16.7 Å². The maximum atomic E-state index is 13.1. The smallest absolute Gasteiger partial charge is 0.338 e. The van der Waals surface area contributed by atoms with Gasteiger partial charge in [0.25, 0.3) is 0 Å². The van der Waals surface area contributed by atoms with E-state index in [9.17, 15) is 4.79 Å². The number of methoxy groups -OCH3 is 4. The molecule has 0 amide bonds. The summed E-state index contributed by atoms with van der Waals surface area (Å²) in [5.41, 5.74) is 0.443. The summed E-state index contributed by atoms with van der Waals surface area (Å²) in [5.74, 6) is 1.77. The summed E-state index contributed by atoms with van der Waals surface area (Å²) in [6.45, 7) is 7.86. The lowest BCUT2D eigenvalue weighted by atomic mass is 9.81. The number of carbonyl (C=O) groups excluding carboxylic acids is 1. The van der Waals surface area contributed by atoms with Crippen molar-refractivity contribution in [2.24, 2.45) is 5.41 Å². The fourth-order valence-electron chi connectivity index (χ4n) is 3.85. The van der Waals surface area contributed by atoms with Crippen molar-refractivity contribution in [1.82, 2.24) is 0 Å². The van der Waals surface area contributed by atoms with Crippen molar-refractivity contribution in [3.8, 4) is 23.0 Å². The molecule has 33 heavy (non-hydrogen) atoms. The van der Waals surface area contributed by atoms with Gasteiger partial charge in [0, 0.05) is 11.0 Å². The number of ether oxygens (including phenoxy) is 5. The Bertz CT molecular complexity index is 1150. The first-order chi connectivity index (χ1) is 15.8. The molecular weight excluding hydrogens is 420 g/mol. The van der Waals surface area contributed by atoms with Crippen LogP contribution in [-0.2, 0) is 4.74 Å². The van der Waals surface area contributed by atoms with Crippen molar-refractivity contribution in [2.75, 3.05) is 28.4 Å². The van der Waals surface area contributed by atoms with Crippen LogP contribution in [0, 0.1) is 5.41 Å². The Morgan fingerprint density at radius 1 is 0.848 bits per heavy atom. The maximum absolute atomic E-state index is 13.1. The van der Waals surface area contributed by atoms with Gasteiger partial charge in [-0.1, -0.05) is 38.1 Å². The predicted molar refractivity (Wildman–Crippen MR) is 129 cm³/mol. The molecular formula is C27H30O6. The Balaban J connectivity index is 2.33. The third-order valence-electron chi connectivity index (χ3n) is 5.73. The SMILES string of the molecule is C=CC(C)(C)C(OC(=O)c1ccccc1)c1cc(OC)c2c(OC)ccc(OC)c2c1OC. The molecule has 3 aromatic carbocycles. The van der Waals surface area contributed by atoms with Crippen molar-refractivity contribution in [3.63, 3.8) is 0 Å². The standard InChI is InChI=1S/C27H30O6/c1-8-27(2,3)25(33-26(28)17-12-10-9-11-13-17)18-16-21(31-6)22-19(29-4)14-15-20(30-5)23(22)24(18)32-7/h8-16,25H,1H2,2-7H3. The van der Waals surface area contributed by atoms with Gasteiger partial charge in [-0.05, 0) is 30.3 Å². The topological polar surface area (TPSA) is 63.2 Å². The number of carbonyl (C=O) groups is 1. The number of fused-ring (bicyclic) bond motifs is 1. The monoisotopic (exact) mass is 450 g/mol. The summed E-state index contributed by atoms with van der Waals surface area (Å²) in [5, 5.41) is 1.36. The normalized spacial score (nSPS) is 12.1. The maximum Gasteiger partial charge on any atom is 0.338 e. The van der Waals surface area contributed by atoms with Gasteiger partial charge in [0.05, 0.1) is 44.8 Å². The molecule has 0 aliphatic rings. The molecule has 174 valence electrons. The summed E-state index contributed by atoms with van der Waals surface area (Å²) >= 11 is 0. The molecule has 0 saturated heterocycles. The Kier molecular flexibility index (Phi) is 7.16. The molecule has 0 fully saturated rings. The van der Waals surface area contributed by atoms with E-state index in [0.29, 0.717) is 44.9 Å². The second kappa shape index (κ2) is 9.86. The lowest BCUT2D eigenvalue weighted by Gasteiger charge is -2.33. The number of hydrogen-bond acceptors (Lipinski definition) is 6. The van der Waals surface area contributed by atoms with E-state index in [4.69, 9.17) is 23.7 Å². The van der Waals surface area contributed by atoms with Crippen LogP contribution in [0.25, 0.3) is 10.8 Å². The zero-order chi connectivity index (χ0) is 24.2. The average molecular weight is 451 g/mol. The molecule has 3 aromatic rings. The van der Waals surface area contributed by atoms with E-state index in [0.717, 1.165) is 0 Å². The molecule has 6 nitrogen and oxygen atoms in total. The minimum absolute atomic E-state index is 0.450. The minimum Gasteiger partial charge on any atom is -0.496 e. The second-order valence-corrected chi connectivity index (χ2v) is 8.10. The van der Waals surface area contributed by atoms with Gasteiger partial charge in [0.1, 0.15) is 29.1 Å². The van der Waals surface area contributed by atoms with Crippen LogP contribution >= 0.6 is 0 Å². The van der Waals surface area contributed by atoms with Crippen LogP contribution < -0.4 is 18.9 Å². The Morgan fingerprint density at radius 3 is 1.94 bits per heavy atom. The van der Waals surface area contributed by atoms with Gasteiger partial charge in [-0.2, -0.15) is 0 Å². The van der Waals surface area contributed by atoms with Crippen molar-refractivity contribution in [1.29, 1.82) is 0 Å². The van der Waals surface area contributed by atoms with E-state index in [1.54, 1.807) is 64.8 Å². The van der Waals surface area contributed by atoms with Crippen LogP contribution in [0.1, 0.15) is 35.9 Å². The van der Waals surface area contributed by atoms with E-state index >= 15 is 0 Å². The average Bonchev–Trinajstić information content (AvgIpc) is 2.85. The number of rotatable bonds is 9. The Labute approximate surface area is 194 Å². The third kappa shape index (κ3) is 4.46. The highest BCUT2D eigenvalue weighted by molar-refractivity contribution is 6.03. The van der Waals surface area contributed by atoms with Crippen LogP contribution in [-0.4, -0.2) is 34.4 Å². The molecule has 0 N–H and O–H groups in total. The third-order valence-corrected chi connectivity index (χ3v) is 5.73. The Morgan fingerprint density at radius 2 is 1.42 bits per heavy atom. The van der Waals surface area contributed by atoms with Gasteiger partial charge < -0.3 is 23.7 Å². The lowest BCUT2D eigenvalue weighted by molar-refractivity contribution is 0.00279. The fourth-order valence-corrected chi connectivity index (χ4v) is 3.85. The number of esters is 1. The van der Waals surface area contributed by atoms with E-state index in [2.05, 4.69) is 6.58 Å². The summed E-state index contributed by atoms with van der Waals surface area (Å²) < 4.78 is 28.9. The minimum atomic E-state index is -0.730. The largest absolute Gasteiger partial charge is 0.496 e. The van der Waals surface area contributed by atoms with Crippen LogP contribution in [0.2, 0.25) is 0 Å². The van der Waals surface area contributed by atoms with Crippen LogP contribution in [0.15, 0.2) is 61.2 Å². The van der Waals surface area contributed by atoms with E-state index < -0.39 is 17.5 Å². The van der Waals surface area contributed by atoms with Crippen molar-refractivity contribution < 1.29 is 28.5 Å². The predicted octanol–water partition coefficient (Wildman–Crippen LogP) is 5.98. The summed E-state index contributed by atoms with van der Waals surface area (Å²) in [6, 6.07) is 14.3. The van der Waals surface area contributed by atoms with E-state index in [-0.39, 0.29) is 0 Å². The van der Waals surface area contributed by atoms with Gasteiger partial charge in [0.15, 0.2) is 0 Å². The first kappa shape index (κ1) is 24.0. The van der Waals surface area contributed by atoms with Crippen molar-refractivity contribution in [2.45, 2.75) is 20.0 Å². The molecule has 0 heterocycles. The highest BCUT2D eigenvalue weighted by Crippen LogP contribution is 2.51. The molecule has 0 aliphatic heterocycles. The molecule has 0 radical (unpaired) electrons. The van der Waals surface area contributed by atoms with E-state index in [1.165, 1.54) is 0 Å². The zero-order valence-corrected chi connectivity index (χ0v) is 19.9. The number of benzene rings is 3. The highest BCUT2D eigenvalue weighted by atomic mass is 16.5. The summed E-state index contributed by atoms with van der Waals surface area (Å²) in [4.78, 5) is 13.1. The van der Waals surface area contributed by atoms with Crippen molar-refractivity contribution in [3.05, 3.63) is 72.3 Å². The van der Waals surface area contributed by atoms with Gasteiger partial charge in [-0.15, -0.1) is 6.58 Å². The number of hydrogen-bond donors (Lipinski definition) is 0. The Hall–Kier alpha value is -3.67. The van der Waals surface area contributed by atoms with Gasteiger partial charge in [-0.25, -0.2) is 4.79 Å². The highest BCUT2D eigenvalue weighted by Gasteiger charge is 2.36. The molecule has 0 bridgehead atoms. The first-order valence-corrected chi connectivity index (χ1v) is 10.5. The molecule has 1 atom stereocenters. The molecule has 1 unspecified atom stereocenters. The van der Waals surface area contributed by atoms with Crippen LogP contribution in [0.3, 0.4) is 0 Å². The first-order valence-electron chi connectivity index (χ1n) is 10.5. The van der Waals surface area contributed by atoms with Gasteiger partial charge in [-0.3, -0.25) is 0 Å². The van der Waals surface area contributed by atoms with Gasteiger partial charge in [0.2, 0.25) is 0 Å².